The second-order valence-corrected chi connectivity index (χ2v) is 16.6. The minimum absolute atomic E-state index is 0.00337. The number of thiol groups is 2. The third-order valence-corrected chi connectivity index (χ3v) is 10.7. The first kappa shape index (κ1) is 55.3. The summed E-state index contributed by atoms with van der Waals surface area (Å²) in [4.78, 5) is 115. The van der Waals surface area contributed by atoms with E-state index in [4.69, 9.17) is 28.7 Å². The van der Waals surface area contributed by atoms with Crippen LogP contribution in [0.2, 0.25) is 0 Å². The van der Waals surface area contributed by atoms with Crippen LogP contribution in [0.3, 0.4) is 0 Å². The van der Waals surface area contributed by atoms with Gasteiger partial charge in [0.2, 0.25) is 41.4 Å². The average Bonchev–Trinajstić information content (AvgIpc) is 3.71. The highest BCUT2D eigenvalue weighted by atomic mass is 32.2. The lowest BCUT2D eigenvalue weighted by Crippen LogP contribution is -2.59. The summed E-state index contributed by atoms with van der Waals surface area (Å²) in [6, 6.07) is -7.91. The normalized spacial score (nSPS) is 16.3. The van der Waals surface area contributed by atoms with Gasteiger partial charge in [-0.3, -0.25) is 43.5 Å². The average molecular weight is 935 g/mol. The number of nitrogens with one attached hydrogen (secondary N) is 6. The number of carbonyl (C=O) groups excluding carboxylic acids is 7. The summed E-state index contributed by atoms with van der Waals surface area (Å²) in [5.74, 6) is -6.22. The predicted octanol–water partition coefficient (Wildman–Crippen LogP) is -4.30. The Balaban J connectivity index is 3.35. The minimum atomic E-state index is -1.32. The first-order chi connectivity index (χ1) is 29.2. The fraction of sp³-hybridized carbons (Fsp3) is 0.722. The maximum absolute atomic E-state index is 14.1. The van der Waals surface area contributed by atoms with E-state index in [0.29, 0.717) is 12.2 Å². The Labute approximate surface area is 377 Å². The van der Waals surface area contributed by atoms with Crippen molar-refractivity contribution in [3.8, 4) is 0 Å². The molecule has 0 unspecified atom stereocenters. The molecule has 0 spiro atoms. The van der Waals surface area contributed by atoms with Gasteiger partial charge in [0.1, 0.15) is 36.3 Å². The quantitative estimate of drug-likeness (QED) is 0.0146. The van der Waals surface area contributed by atoms with Crippen LogP contribution in [0.25, 0.3) is 0 Å². The largest absolute Gasteiger partial charge is 0.480 e. The summed E-state index contributed by atoms with van der Waals surface area (Å²) in [7, 11) is 0. The lowest BCUT2D eigenvalue weighted by Gasteiger charge is -2.30. The lowest BCUT2D eigenvalue weighted by molar-refractivity contribution is -0.142. The fourth-order valence-electron chi connectivity index (χ4n) is 6.14. The zero-order valence-corrected chi connectivity index (χ0v) is 38.1. The first-order valence-electron chi connectivity index (χ1n) is 20.1. The smallest absolute Gasteiger partial charge is 0.327 e. The van der Waals surface area contributed by atoms with Crippen molar-refractivity contribution in [3.05, 3.63) is 0 Å². The van der Waals surface area contributed by atoms with Gasteiger partial charge in [-0.05, 0) is 69.3 Å². The van der Waals surface area contributed by atoms with Crippen molar-refractivity contribution in [1.29, 1.82) is 0 Å². The van der Waals surface area contributed by atoms with Crippen molar-refractivity contribution in [3.63, 3.8) is 0 Å². The monoisotopic (exact) mass is 934 g/mol. The molecule has 7 amide bonds. The van der Waals surface area contributed by atoms with Gasteiger partial charge in [-0.2, -0.15) is 37.0 Å². The molecule has 1 rings (SSSR count). The number of carbonyl (C=O) groups is 8. The molecular formula is C36H66N14O9S3. The summed E-state index contributed by atoms with van der Waals surface area (Å²) in [5, 5.41) is 24.6. The van der Waals surface area contributed by atoms with E-state index in [1.165, 1.54) is 16.7 Å². The van der Waals surface area contributed by atoms with Crippen molar-refractivity contribution >= 4 is 96.3 Å². The molecule has 23 nitrogen and oxygen atoms in total. The van der Waals surface area contributed by atoms with Crippen LogP contribution in [0.1, 0.15) is 65.2 Å². The molecule has 62 heavy (non-hydrogen) atoms. The Bertz CT molecular complexity index is 1580. The Hall–Kier alpha value is -4.69. The van der Waals surface area contributed by atoms with Crippen molar-refractivity contribution in [2.24, 2.45) is 44.6 Å². The molecule has 0 saturated carbocycles. The van der Waals surface area contributed by atoms with Crippen molar-refractivity contribution in [2.75, 3.05) is 49.7 Å². The van der Waals surface area contributed by atoms with Gasteiger partial charge in [0.05, 0.1) is 12.6 Å². The lowest BCUT2D eigenvalue weighted by atomic mass is 10.0. The van der Waals surface area contributed by atoms with E-state index in [1.54, 1.807) is 13.8 Å². The van der Waals surface area contributed by atoms with Crippen LogP contribution in [0.15, 0.2) is 9.98 Å². The van der Waals surface area contributed by atoms with Crippen LogP contribution in [0, 0.1) is 5.92 Å². The SMILES string of the molecule is CSCC[C@H](NC(=O)[C@@H](N)CS)C(=O)N1CCC[C@H]1C(=O)N[C@@H](CCCN=C(N)N)C(=O)N[C@@H](CC(C)C)C(=O)N[C@@H](CCCN=C(N)N)C(=O)NCC(=O)N[C@@H](CS)C(=O)O. The molecule has 352 valence electrons. The van der Waals surface area contributed by atoms with Gasteiger partial charge in [0.15, 0.2) is 11.9 Å². The van der Waals surface area contributed by atoms with Crippen LogP contribution in [0.4, 0.5) is 0 Å². The van der Waals surface area contributed by atoms with Crippen LogP contribution in [0.5, 0.6) is 0 Å². The molecule has 1 fully saturated rings. The maximum atomic E-state index is 14.1. The number of hydrogen-bond donors (Lipinski definition) is 14. The van der Waals surface area contributed by atoms with Crippen molar-refractivity contribution in [1.82, 2.24) is 36.8 Å². The Morgan fingerprint density at radius 3 is 1.81 bits per heavy atom. The van der Waals surface area contributed by atoms with Gasteiger partial charge < -0.3 is 70.6 Å². The summed E-state index contributed by atoms with van der Waals surface area (Å²) < 4.78 is 0. The Morgan fingerprint density at radius 2 is 1.29 bits per heavy atom. The standard InChI is InChI=1S/C36H66N14O9S3/c1-19(2)15-24(31(55)46-21(7-4-11-42-35(38)39)29(53)44-16-27(51)45-25(18-61)34(58)59)49-30(54)22(8-5-12-43-36(40)41)47-32(56)26-9-6-13-50(26)33(57)23(10-14-62-3)48-28(52)20(37)17-60/h19-26,60-61H,4-18,37H2,1-3H3,(H,44,53)(H,45,51)(H,46,55)(H,47,56)(H,48,52)(H,49,54)(H,58,59)(H4,38,39,42)(H4,40,41,43)/t20-,21-,22-,23-,24-,25-,26-/m0/s1. The zero-order valence-electron chi connectivity index (χ0n) is 35.5. The molecule has 1 aliphatic rings. The van der Waals surface area contributed by atoms with E-state index in [9.17, 15) is 43.5 Å². The number of guanidine groups is 2. The maximum Gasteiger partial charge on any atom is 0.327 e. The summed E-state index contributed by atoms with van der Waals surface area (Å²) in [5.41, 5.74) is 27.6. The number of nitrogens with zero attached hydrogens (tertiary/aromatic N) is 3. The van der Waals surface area contributed by atoms with E-state index >= 15 is 0 Å². The van der Waals surface area contributed by atoms with E-state index < -0.39 is 96.2 Å². The molecule has 1 aliphatic heterocycles. The number of nitrogens with two attached hydrogens (primary N) is 5. The molecule has 0 radical (unpaired) electrons. The first-order valence-corrected chi connectivity index (χ1v) is 22.8. The molecule has 0 aromatic carbocycles. The van der Waals surface area contributed by atoms with Gasteiger partial charge in [0, 0.05) is 31.1 Å². The number of hydrogen-bond acceptors (Lipinski definition) is 14. The highest BCUT2D eigenvalue weighted by Gasteiger charge is 2.39. The van der Waals surface area contributed by atoms with E-state index in [-0.39, 0.29) is 93.9 Å². The van der Waals surface area contributed by atoms with Crippen LogP contribution in [-0.2, 0) is 38.4 Å². The number of carboxylic acids is 1. The highest BCUT2D eigenvalue weighted by molar-refractivity contribution is 7.98. The Morgan fingerprint density at radius 1 is 0.742 bits per heavy atom. The zero-order chi connectivity index (χ0) is 46.9. The second kappa shape index (κ2) is 29.6. The molecule has 0 bridgehead atoms. The third kappa shape index (κ3) is 20.9. The Kier molecular flexibility index (Phi) is 26.4. The van der Waals surface area contributed by atoms with E-state index in [0.717, 1.165) is 0 Å². The molecule has 0 aliphatic carbocycles. The number of aliphatic imine (C=N–C) groups is 2. The van der Waals surface area contributed by atoms with Gasteiger partial charge in [-0.25, -0.2) is 4.79 Å². The van der Waals surface area contributed by atoms with Gasteiger partial charge >= 0.3 is 5.97 Å². The van der Waals surface area contributed by atoms with Gasteiger partial charge in [-0.1, -0.05) is 13.8 Å². The molecule has 1 saturated heterocycles. The van der Waals surface area contributed by atoms with Crippen LogP contribution in [-0.4, -0.2) is 161 Å². The van der Waals surface area contributed by atoms with E-state index in [2.05, 4.69) is 67.1 Å². The van der Waals surface area contributed by atoms with Crippen LogP contribution < -0.4 is 60.6 Å². The second-order valence-electron chi connectivity index (χ2n) is 14.9. The topological polar surface area (TPSA) is 387 Å². The predicted molar refractivity (Wildman–Crippen MR) is 243 cm³/mol. The van der Waals surface area contributed by atoms with Crippen molar-refractivity contribution < 1.29 is 43.5 Å². The third-order valence-electron chi connectivity index (χ3n) is 9.33. The number of thioether (sulfide) groups is 1. The number of amides is 7. The number of carboxylic acid groups (broad SMARTS) is 1. The molecule has 1 heterocycles. The fourth-order valence-corrected chi connectivity index (χ4v) is 7.02. The number of aliphatic carboxylic acids is 1. The minimum Gasteiger partial charge on any atom is -0.480 e. The highest BCUT2D eigenvalue weighted by Crippen LogP contribution is 2.21. The summed E-state index contributed by atoms with van der Waals surface area (Å²) in [6.45, 7) is 3.42. The summed E-state index contributed by atoms with van der Waals surface area (Å²) >= 11 is 9.45. The number of likely N-dealkylation sites (tertiary alicyclic amines) is 1. The molecular weight excluding hydrogens is 869 g/mol. The summed E-state index contributed by atoms with van der Waals surface area (Å²) in [6.07, 6.45) is 3.44. The van der Waals surface area contributed by atoms with Gasteiger partial charge in [0.25, 0.3) is 0 Å². The van der Waals surface area contributed by atoms with Crippen LogP contribution >= 0.6 is 37.0 Å². The van der Waals surface area contributed by atoms with Crippen molar-refractivity contribution in [2.45, 2.75) is 108 Å². The molecule has 0 aromatic rings. The molecule has 26 heteroatoms. The van der Waals surface area contributed by atoms with Gasteiger partial charge in [-0.15, -0.1) is 0 Å². The molecule has 0 aromatic heterocycles. The molecule has 7 atom stereocenters. The number of rotatable bonds is 29. The van der Waals surface area contributed by atoms with E-state index in [1.807, 2.05) is 6.26 Å². The molecule has 17 N–H and O–H groups in total.